The number of anilines is 1. The Bertz CT molecular complexity index is 1260. The number of nitrogens with one attached hydrogen (secondary N) is 2. The van der Waals surface area contributed by atoms with E-state index in [1.807, 2.05) is 38.1 Å². The lowest BCUT2D eigenvalue weighted by Crippen LogP contribution is -2.28. The number of ether oxygens (including phenoxy) is 2. The van der Waals surface area contributed by atoms with Gasteiger partial charge in [0.05, 0.1) is 24.2 Å². The Kier molecular flexibility index (Phi) is 7.60. The molecule has 0 spiro atoms. The average molecular weight is 469 g/mol. The maximum absolute atomic E-state index is 13.1. The standard InChI is InChI=1S/C25H28N2O5S/c1-17-9-10-18(2)21(15-17)27-33(29,30)24-16-20(12-11-19(24)3)25(28)26-13-14-32-23-8-6-5-7-22(23)31-4/h5-12,15-16,27H,13-14H2,1-4H3,(H,26,28). The van der Waals surface area contributed by atoms with Crippen LogP contribution in [0, 0.1) is 20.8 Å². The minimum Gasteiger partial charge on any atom is -0.493 e. The Balaban J connectivity index is 1.68. The first kappa shape index (κ1) is 24.1. The zero-order valence-corrected chi connectivity index (χ0v) is 20.0. The molecular formula is C25H28N2O5S. The monoisotopic (exact) mass is 468 g/mol. The second kappa shape index (κ2) is 10.4. The third kappa shape index (κ3) is 6.04. The highest BCUT2D eigenvalue weighted by molar-refractivity contribution is 7.92. The molecule has 0 fully saturated rings. The normalized spacial score (nSPS) is 11.0. The zero-order chi connectivity index (χ0) is 24.0. The molecule has 8 heteroatoms. The fraction of sp³-hybridized carbons (Fsp3) is 0.240. The van der Waals surface area contributed by atoms with Crippen LogP contribution in [0.5, 0.6) is 11.5 Å². The Morgan fingerprint density at radius 3 is 2.33 bits per heavy atom. The minimum atomic E-state index is -3.88. The summed E-state index contributed by atoms with van der Waals surface area (Å²) in [5, 5.41) is 2.75. The van der Waals surface area contributed by atoms with Gasteiger partial charge in [-0.15, -0.1) is 0 Å². The summed E-state index contributed by atoms with van der Waals surface area (Å²) in [6, 6.07) is 17.4. The molecule has 0 aliphatic heterocycles. The summed E-state index contributed by atoms with van der Waals surface area (Å²) in [5.41, 5.74) is 3.06. The largest absolute Gasteiger partial charge is 0.493 e. The van der Waals surface area contributed by atoms with Gasteiger partial charge < -0.3 is 14.8 Å². The van der Waals surface area contributed by atoms with E-state index in [-0.39, 0.29) is 29.5 Å². The molecule has 0 heterocycles. The Morgan fingerprint density at radius 2 is 1.61 bits per heavy atom. The van der Waals surface area contributed by atoms with Crippen LogP contribution >= 0.6 is 0 Å². The van der Waals surface area contributed by atoms with Gasteiger partial charge in [0.25, 0.3) is 15.9 Å². The molecule has 0 bridgehead atoms. The second-order valence-electron chi connectivity index (χ2n) is 7.66. The summed E-state index contributed by atoms with van der Waals surface area (Å²) in [4.78, 5) is 12.7. The number of hydrogen-bond donors (Lipinski definition) is 2. The highest BCUT2D eigenvalue weighted by atomic mass is 32.2. The number of carbonyl (C=O) groups excluding carboxylic acids is 1. The lowest BCUT2D eigenvalue weighted by molar-refractivity contribution is 0.0946. The van der Waals surface area contributed by atoms with Gasteiger partial charge in [0.15, 0.2) is 11.5 Å². The molecule has 1 amide bonds. The van der Waals surface area contributed by atoms with Gasteiger partial charge in [-0.05, 0) is 67.8 Å². The van der Waals surface area contributed by atoms with E-state index in [1.54, 1.807) is 44.4 Å². The highest BCUT2D eigenvalue weighted by Crippen LogP contribution is 2.26. The topological polar surface area (TPSA) is 93.7 Å². The molecular weight excluding hydrogens is 440 g/mol. The number of aryl methyl sites for hydroxylation is 3. The summed E-state index contributed by atoms with van der Waals surface area (Å²) in [5.74, 6) is 0.797. The lowest BCUT2D eigenvalue weighted by atomic mass is 10.1. The molecule has 3 aromatic rings. The maximum Gasteiger partial charge on any atom is 0.262 e. The van der Waals surface area contributed by atoms with Gasteiger partial charge in [-0.25, -0.2) is 8.42 Å². The zero-order valence-electron chi connectivity index (χ0n) is 19.1. The van der Waals surface area contributed by atoms with Crippen LogP contribution < -0.4 is 19.5 Å². The quantitative estimate of drug-likeness (QED) is 0.459. The van der Waals surface area contributed by atoms with E-state index < -0.39 is 10.0 Å². The second-order valence-corrected chi connectivity index (χ2v) is 9.31. The van der Waals surface area contributed by atoms with E-state index in [2.05, 4.69) is 10.0 Å². The number of amides is 1. The molecule has 2 N–H and O–H groups in total. The molecule has 0 saturated heterocycles. The molecule has 7 nitrogen and oxygen atoms in total. The fourth-order valence-electron chi connectivity index (χ4n) is 3.24. The average Bonchev–Trinajstić information content (AvgIpc) is 2.79. The number of para-hydroxylation sites is 2. The third-order valence-corrected chi connectivity index (χ3v) is 6.60. The van der Waals surface area contributed by atoms with Gasteiger partial charge in [-0.3, -0.25) is 9.52 Å². The van der Waals surface area contributed by atoms with Gasteiger partial charge in [-0.2, -0.15) is 0 Å². The molecule has 0 aliphatic rings. The van der Waals surface area contributed by atoms with Crippen LogP contribution in [0.3, 0.4) is 0 Å². The van der Waals surface area contributed by atoms with Crippen molar-refractivity contribution >= 4 is 21.6 Å². The fourth-order valence-corrected chi connectivity index (χ4v) is 4.64. The van der Waals surface area contributed by atoms with E-state index in [4.69, 9.17) is 9.47 Å². The van der Waals surface area contributed by atoms with Crippen LogP contribution in [-0.2, 0) is 10.0 Å². The molecule has 0 saturated carbocycles. The third-order valence-electron chi connectivity index (χ3n) is 5.09. The van der Waals surface area contributed by atoms with Crippen molar-refractivity contribution in [3.05, 3.63) is 82.9 Å². The molecule has 0 aromatic heterocycles. The predicted octanol–water partition coefficient (Wildman–Crippen LogP) is 4.23. The van der Waals surface area contributed by atoms with Crippen LogP contribution in [0.25, 0.3) is 0 Å². The number of carbonyl (C=O) groups is 1. The van der Waals surface area contributed by atoms with Crippen molar-refractivity contribution in [1.29, 1.82) is 0 Å². The van der Waals surface area contributed by atoms with Gasteiger partial charge in [0, 0.05) is 5.56 Å². The Hall–Kier alpha value is -3.52. The summed E-state index contributed by atoms with van der Waals surface area (Å²) in [6.07, 6.45) is 0. The summed E-state index contributed by atoms with van der Waals surface area (Å²) < 4.78 is 39.7. The van der Waals surface area contributed by atoms with Crippen LogP contribution in [-0.4, -0.2) is 34.6 Å². The number of methoxy groups -OCH3 is 1. The van der Waals surface area contributed by atoms with Crippen molar-refractivity contribution < 1.29 is 22.7 Å². The summed E-state index contributed by atoms with van der Waals surface area (Å²) >= 11 is 0. The first-order valence-electron chi connectivity index (χ1n) is 10.5. The Morgan fingerprint density at radius 1 is 0.909 bits per heavy atom. The van der Waals surface area contributed by atoms with Crippen molar-refractivity contribution in [1.82, 2.24) is 5.32 Å². The van der Waals surface area contributed by atoms with E-state index in [0.29, 0.717) is 22.7 Å². The van der Waals surface area contributed by atoms with Crippen molar-refractivity contribution in [2.24, 2.45) is 0 Å². The van der Waals surface area contributed by atoms with Crippen molar-refractivity contribution in [3.63, 3.8) is 0 Å². The first-order chi connectivity index (χ1) is 15.7. The summed E-state index contributed by atoms with van der Waals surface area (Å²) in [6.45, 7) is 5.90. The SMILES string of the molecule is COc1ccccc1OCCNC(=O)c1ccc(C)c(S(=O)(=O)Nc2cc(C)ccc2C)c1. The van der Waals surface area contributed by atoms with E-state index in [1.165, 1.54) is 6.07 Å². The van der Waals surface area contributed by atoms with Crippen molar-refractivity contribution in [2.45, 2.75) is 25.7 Å². The molecule has 0 unspecified atom stereocenters. The minimum absolute atomic E-state index is 0.0568. The van der Waals surface area contributed by atoms with Gasteiger partial charge in [0.1, 0.15) is 6.61 Å². The highest BCUT2D eigenvalue weighted by Gasteiger charge is 2.20. The van der Waals surface area contributed by atoms with Crippen LogP contribution in [0.1, 0.15) is 27.0 Å². The molecule has 174 valence electrons. The van der Waals surface area contributed by atoms with Gasteiger partial charge in [0.2, 0.25) is 0 Å². The lowest BCUT2D eigenvalue weighted by Gasteiger charge is -2.14. The molecule has 3 aromatic carbocycles. The van der Waals surface area contributed by atoms with Gasteiger partial charge in [-0.1, -0.05) is 30.3 Å². The summed E-state index contributed by atoms with van der Waals surface area (Å²) in [7, 11) is -2.32. The van der Waals surface area contributed by atoms with Crippen LogP contribution in [0.4, 0.5) is 5.69 Å². The van der Waals surface area contributed by atoms with Gasteiger partial charge >= 0.3 is 0 Å². The molecule has 0 atom stereocenters. The molecule has 0 aliphatic carbocycles. The number of hydrogen-bond acceptors (Lipinski definition) is 5. The van der Waals surface area contributed by atoms with E-state index in [9.17, 15) is 13.2 Å². The van der Waals surface area contributed by atoms with Crippen LogP contribution in [0.2, 0.25) is 0 Å². The molecule has 3 rings (SSSR count). The predicted molar refractivity (Wildman–Crippen MR) is 129 cm³/mol. The number of sulfonamides is 1. The van der Waals surface area contributed by atoms with Crippen molar-refractivity contribution in [2.75, 3.05) is 25.0 Å². The Labute approximate surface area is 194 Å². The first-order valence-corrected chi connectivity index (χ1v) is 11.9. The van der Waals surface area contributed by atoms with E-state index in [0.717, 1.165) is 11.1 Å². The van der Waals surface area contributed by atoms with E-state index >= 15 is 0 Å². The molecule has 33 heavy (non-hydrogen) atoms. The maximum atomic E-state index is 13.1. The smallest absolute Gasteiger partial charge is 0.262 e. The van der Waals surface area contributed by atoms with Crippen LogP contribution in [0.15, 0.2) is 65.6 Å². The number of rotatable bonds is 9. The van der Waals surface area contributed by atoms with Crippen molar-refractivity contribution in [3.8, 4) is 11.5 Å². The molecule has 0 radical (unpaired) electrons. The number of benzene rings is 3.